The first-order valence-corrected chi connectivity index (χ1v) is 6.24. The standard InChI is InChI=1S/C16H16O4/c1-11(16(18)19-2)20-15-9-5-13(6-10-15)12-3-7-14(17)8-4-12/h3-11,17H,1-2H3. The van der Waals surface area contributed by atoms with Crippen molar-refractivity contribution < 1.29 is 19.4 Å². The van der Waals surface area contributed by atoms with E-state index in [1.165, 1.54) is 7.11 Å². The van der Waals surface area contributed by atoms with Crippen LogP contribution in [0.2, 0.25) is 0 Å². The molecule has 4 heteroatoms. The number of hydrogen-bond donors (Lipinski definition) is 1. The molecule has 1 N–H and O–H groups in total. The monoisotopic (exact) mass is 272 g/mol. The van der Waals surface area contributed by atoms with Crippen molar-refractivity contribution in [2.75, 3.05) is 7.11 Å². The van der Waals surface area contributed by atoms with Gasteiger partial charge in [-0.1, -0.05) is 24.3 Å². The summed E-state index contributed by atoms with van der Waals surface area (Å²) in [6.07, 6.45) is -0.639. The van der Waals surface area contributed by atoms with E-state index in [0.717, 1.165) is 11.1 Å². The van der Waals surface area contributed by atoms with Crippen molar-refractivity contribution in [3.05, 3.63) is 48.5 Å². The van der Waals surface area contributed by atoms with E-state index in [0.29, 0.717) is 5.75 Å². The molecule has 0 saturated carbocycles. The molecule has 1 unspecified atom stereocenters. The number of carbonyl (C=O) groups excluding carboxylic acids is 1. The van der Waals surface area contributed by atoms with E-state index in [1.54, 1.807) is 31.2 Å². The molecule has 0 aliphatic heterocycles. The van der Waals surface area contributed by atoms with E-state index in [-0.39, 0.29) is 5.75 Å². The summed E-state index contributed by atoms with van der Waals surface area (Å²) in [7, 11) is 1.33. The van der Waals surface area contributed by atoms with Crippen LogP contribution in [0.3, 0.4) is 0 Å². The molecule has 0 spiro atoms. The van der Waals surface area contributed by atoms with Crippen LogP contribution < -0.4 is 4.74 Å². The molecule has 20 heavy (non-hydrogen) atoms. The van der Waals surface area contributed by atoms with E-state index in [2.05, 4.69) is 4.74 Å². The summed E-state index contributed by atoms with van der Waals surface area (Å²) in [5.41, 5.74) is 2.00. The summed E-state index contributed by atoms with van der Waals surface area (Å²) >= 11 is 0. The van der Waals surface area contributed by atoms with Crippen LogP contribution in [0.4, 0.5) is 0 Å². The number of methoxy groups -OCH3 is 1. The maximum atomic E-state index is 11.3. The Labute approximate surface area is 117 Å². The predicted molar refractivity (Wildman–Crippen MR) is 75.6 cm³/mol. The second kappa shape index (κ2) is 6.10. The Balaban J connectivity index is 2.10. The highest BCUT2D eigenvalue weighted by Gasteiger charge is 2.14. The van der Waals surface area contributed by atoms with Crippen molar-refractivity contribution >= 4 is 5.97 Å². The number of esters is 1. The highest BCUT2D eigenvalue weighted by Crippen LogP contribution is 2.24. The summed E-state index contributed by atoms with van der Waals surface area (Å²) in [4.78, 5) is 11.3. The van der Waals surface area contributed by atoms with Crippen LogP contribution in [0.15, 0.2) is 48.5 Å². The fourth-order valence-corrected chi connectivity index (χ4v) is 1.80. The second-order valence-electron chi connectivity index (χ2n) is 4.35. The average Bonchev–Trinajstić information content (AvgIpc) is 2.48. The van der Waals surface area contributed by atoms with Crippen molar-refractivity contribution in [1.82, 2.24) is 0 Å². The van der Waals surface area contributed by atoms with Gasteiger partial charge in [-0.05, 0) is 42.3 Å². The van der Waals surface area contributed by atoms with Crippen molar-refractivity contribution in [3.8, 4) is 22.6 Å². The Morgan fingerprint density at radius 2 is 1.50 bits per heavy atom. The van der Waals surface area contributed by atoms with Crippen molar-refractivity contribution in [3.63, 3.8) is 0 Å². The fraction of sp³-hybridized carbons (Fsp3) is 0.188. The molecular weight excluding hydrogens is 256 g/mol. The van der Waals surface area contributed by atoms with Gasteiger partial charge in [0.25, 0.3) is 0 Å². The summed E-state index contributed by atoms with van der Waals surface area (Å²) in [5, 5.41) is 9.26. The number of phenols is 1. The van der Waals surface area contributed by atoms with Gasteiger partial charge in [0.15, 0.2) is 6.10 Å². The number of benzene rings is 2. The topological polar surface area (TPSA) is 55.8 Å². The molecule has 0 amide bonds. The van der Waals surface area contributed by atoms with E-state index in [9.17, 15) is 9.90 Å². The Morgan fingerprint density at radius 3 is 2.00 bits per heavy atom. The molecule has 0 fully saturated rings. The van der Waals surface area contributed by atoms with Gasteiger partial charge < -0.3 is 14.6 Å². The first-order valence-electron chi connectivity index (χ1n) is 6.24. The lowest BCUT2D eigenvalue weighted by Gasteiger charge is -2.12. The fourth-order valence-electron chi connectivity index (χ4n) is 1.80. The van der Waals surface area contributed by atoms with Gasteiger partial charge in [0.1, 0.15) is 11.5 Å². The van der Waals surface area contributed by atoms with Gasteiger partial charge in [-0.2, -0.15) is 0 Å². The number of ether oxygens (including phenoxy) is 2. The number of rotatable bonds is 4. The third kappa shape index (κ3) is 3.29. The largest absolute Gasteiger partial charge is 0.508 e. The van der Waals surface area contributed by atoms with Crippen LogP contribution >= 0.6 is 0 Å². The van der Waals surface area contributed by atoms with Crippen molar-refractivity contribution in [2.45, 2.75) is 13.0 Å². The van der Waals surface area contributed by atoms with Crippen LogP contribution in [-0.2, 0) is 9.53 Å². The summed E-state index contributed by atoms with van der Waals surface area (Å²) < 4.78 is 10.1. The maximum absolute atomic E-state index is 11.3. The molecule has 0 radical (unpaired) electrons. The maximum Gasteiger partial charge on any atom is 0.346 e. The van der Waals surface area contributed by atoms with Crippen LogP contribution in [0.5, 0.6) is 11.5 Å². The van der Waals surface area contributed by atoms with Crippen LogP contribution in [0.25, 0.3) is 11.1 Å². The first-order chi connectivity index (χ1) is 9.60. The molecule has 0 aliphatic rings. The highest BCUT2D eigenvalue weighted by atomic mass is 16.6. The van der Waals surface area contributed by atoms with E-state index in [1.807, 2.05) is 24.3 Å². The molecule has 0 heterocycles. The third-order valence-electron chi connectivity index (χ3n) is 2.90. The Hall–Kier alpha value is -2.49. The lowest BCUT2D eigenvalue weighted by Crippen LogP contribution is -2.24. The smallest absolute Gasteiger partial charge is 0.346 e. The number of phenolic OH excluding ortho intramolecular Hbond substituents is 1. The van der Waals surface area contributed by atoms with Crippen LogP contribution in [0, 0.1) is 0 Å². The van der Waals surface area contributed by atoms with Gasteiger partial charge in [0.05, 0.1) is 7.11 Å². The molecule has 2 aromatic carbocycles. The predicted octanol–water partition coefficient (Wildman–Crippen LogP) is 3.00. The number of carbonyl (C=O) groups is 1. The van der Waals surface area contributed by atoms with Gasteiger partial charge in [-0.15, -0.1) is 0 Å². The lowest BCUT2D eigenvalue weighted by atomic mass is 10.1. The first kappa shape index (κ1) is 13.9. The van der Waals surface area contributed by atoms with Gasteiger partial charge in [-0.3, -0.25) is 0 Å². The molecule has 1 atom stereocenters. The molecular formula is C16H16O4. The number of aromatic hydroxyl groups is 1. The lowest BCUT2D eigenvalue weighted by molar-refractivity contribution is -0.147. The zero-order valence-corrected chi connectivity index (χ0v) is 11.4. The summed E-state index contributed by atoms with van der Waals surface area (Å²) in [6, 6.07) is 14.3. The second-order valence-corrected chi connectivity index (χ2v) is 4.35. The molecule has 0 bridgehead atoms. The van der Waals surface area contributed by atoms with Gasteiger partial charge in [0.2, 0.25) is 0 Å². The van der Waals surface area contributed by atoms with Gasteiger partial charge in [0, 0.05) is 0 Å². The Kier molecular flexibility index (Phi) is 4.25. The van der Waals surface area contributed by atoms with E-state index < -0.39 is 12.1 Å². The van der Waals surface area contributed by atoms with E-state index >= 15 is 0 Å². The minimum Gasteiger partial charge on any atom is -0.508 e. The highest BCUT2D eigenvalue weighted by molar-refractivity contribution is 5.74. The minimum atomic E-state index is -0.639. The molecule has 0 aromatic heterocycles. The molecule has 0 saturated heterocycles. The quantitative estimate of drug-likeness (QED) is 0.869. The van der Waals surface area contributed by atoms with Crippen molar-refractivity contribution in [2.24, 2.45) is 0 Å². The van der Waals surface area contributed by atoms with Crippen molar-refractivity contribution in [1.29, 1.82) is 0 Å². The third-order valence-corrected chi connectivity index (χ3v) is 2.90. The van der Waals surface area contributed by atoms with Gasteiger partial charge >= 0.3 is 5.97 Å². The van der Waals surface area contributed by atoms with Gasteiger partial charge in [-0.25, -0.2) is 4.79 Å². The molecule has 4 nitrogen and oxygen atoms in total. The minimum absolute atomic E-state index is 0.237. The summed E-state index contributed by atoms with van der Waals surface area (Å²) in [5.74, 6) is 0.429. The van der Waals surface area contributed by atoms with E-state index in [4.69, 9.17) is 4.74 Å². The Morgan fingerprint density at radius 1 is 1.00 bits per heavy atom. The average molecular weight is 272 g/mol. The normalized spacial score (nSPS) is 11.7. The summed E-state index contributed by atoms with van der Waals surface area (Å²) in [6.45, 7) is 1.64. The molecule has 2 aromatic rings. The zero-order chi connectivity index (χ0) is 14.5. The molecule has 104 valence electrons. The van der Waals surface area contributed by atoms with Crippen LogP contribution in [0.1, 0.15) is 6.92 Å². The number of hydrogen-bond acceptors (Lipinski definition) is 4. The van der Waals surface area contributed by atoms with Crippen LogP contribution in [-0.4, -0.2) is 24.3 Å². The SMILES string of the molecule is COC(=O)C(C)Oc1ccc(-c2ccc(O)cc2)cc1. The Bertz CT molecular complexity index is 572. The molecule has 2 rings (SSSR count). The molecule has 0 aliphatic carbocycles. The zero-order valence-electron chi connectivity index (χ0n) is 11.4.